The summed E-state index contributed by atoms with van der Waals surface area (Å²) in [5.74, 6) is -0.692. The first-order valence-electron chi connectivity index (χ1n) is 12.4. The van der Waals surface area contributed by atoms with E-state index in [1.54, 1.807) is 42.5 Å². The second-order valence-electron chi connectivity index (χ2n) is 9.20. The van der Waals surface area contributed by atoms with Gasteiger partial charge in [0, 0.05) is 27.9 Å². The number of carboxylic acids is 1. The number of alkyl carbamates (subject to hydrolysis) is 1. The maximum absolute atomic E-state index is 12.6. The predicted octanol–water partition coefficient (Wildman–Crippen LogP) is 7.11. The van der Waals surface area contributed by atoms with Crippen LogP contribution in [0.1, 0.15) is 28.2 Å². The van der Waals surface area contributed by atoms with E-state index >= 15 is 0 Å². The molecule has 2 N–H and O–H groups in total. The molecule has 198 valence electrons. The highest BCUT2D eigenvalue weighted by Gasteiger charge is 2.29. The third kappa shape index (κ3) is 6.03. The van der Waals surface area contributed by atoms with E-state index in [4.69, 9.17) is 32.7 Å². The number of amides is 1. The molecule has 0 saturated carbocycles. The van der Waals surface area contributed by atoms with Gasteiger partial charge in [-0.1, -0.05) is 89.9 Å². The van der Waals surface area contributed by atoms with Gasteiger partial charge in [-0.2, -0.15) is 0 Å². The van der Waals surface area contributed by atoms with Gasteiger partial charge < -0.3 is 19.9 Å². The average Bonchev–Trinajstić information content (AvgIpc) is 3.25. The van der Waals surface area contributed by atoms with E-state index in [2.05, 4.69) is 17.4 Å². The van der Waals surface area contributed by atoms with E-state index < -0.39 is 18.1 Å². The Hall–Kier alpha value is -4.00. The van der Waals surface area contributed by atoms with Gasteiger partial charge >= 0.3 is 12.1 Å². The minimum absolute atomic E-state index is 0.0795. The fourth-order valence-electron chi connectivity index (χ4n) is 4.77. The van der Waals surface area contributed by atoms with Gasteiger partial charge in [-0.05, 0) is 52.1 Å². The quantitative estimate of drug-likeness (QED) is 0.227. The first-order valence-corrected chi connectivity index (χ1v) is 13.1. The van der Waals surface area contributed by atoms with Crippen LogP contribution in [-0.2, 0) is 22.6 Å². The van der Waals surface area contributed by atoms with Gasteiger partial charge in [0.1, 0.15) is 25.0 Å². The first kappa shape index (κ1) is 26.6. The molecule has 6 nitrogen and oxygen atoms in total. The molecule has 39 heavy (non-hydrogen) atoms. The number of ether oxygens (including phenoxy) is 2. The van der Waals surface area contributed by atoms with Crippen molar-refractivity contribution in [3.05, 3.63) is 123 Å². The number of halogens is 2. The van der Waals surface area contributed by atoms with E-state index in [0.717, 1.165) is 22.3 Å². The van der Waals surface area contributed by atoms with Gasteiger partial charge in [0.2, 0.25) is 0 Å². The molecule has 0 radical (unpaired) electrons. The Labute approximate surface area is 236 Å². The Bertz CT molecular complexity index is 1440. The number of hydrogen-bond donors (Lipinski definition) is 2. The van der Waals surface area contributed by atoms with Crippen molar-refractivity contribution in [3.8, 4) is 16.9 Å². The SMILES string of the molecule is O=C(N[C@@H](Cc1ccc(OCc2c(Cl)cccc2Cl)cc1)C(=O)O)OCC1c2ccccc2-c2ccccc21. The summed E-state index contributed by atoms with van der Waals surface area (Å²) in [6.07, 6.45) is -0.697. The molecule has 1 aliphatic carbocycles. The number of aliphatic carboxylic acids is 1. The average molecular weight is 562 g/mol. The highest BCUT2D eigenvalue weighted by molar-refractivity contribution is 6.35. The zero-order valence-corrected chi connectivity index (χ0v) is 22.3. The highest BCUT2D eigenvalue weighted by Crippen LogP contribution is 2.44. The number of fused-ring (bicyclic) bond motifs is 3. The summed E-state index contributed by atoms with van der Waals surface area (Å²) in [5, 5.41) is 13.2. The van der Waals surface area contributed by atoms with Crippen LogP contribution in [0.2, 0.25) is 10.0 Å². The summed E-state index contributed by atoms with van der Waals surface area (Å²) in [4.78, 5) is 24.5. The van der Waals surface area contributed by atoms with Gasteiger partial charge in [-0.3, -0.25) is 0 Å². The molecule has 0 aromatic heterocycles. The summed E-state index contributed by atoms with van der Waals surface area (Å²) >= 11 is 12.4. The summed E-state index contributed by atoms with van der Waals surface area (Å²) in [6.45, 7) is 0.298. The maximum atomic E-state index is 12.6. The van der Waals surface area contributed by atoms with Crippen molar-refractivity contribution < 1.29 is 24.2 Å². The maximum Gasteiger partial charge on any atom is 0.407 e. The molecule has 1 atom stereocenters. The van der Waals surface area contributed by atoms with E-state index in [-0.39, 0.29) is 25.6 Å². The summed E-state index contributed by atoms with van der Waals surface area (Å²) < 4.78 is 11.3. The molecule has 0 heterocycles. The van der Waals surface area contributed by atoms with Crippen molar-refractivity contribution in [2.24, 2.45) is 0 Å². The molecule has 4 aromatic rings. The molecule has 8 heteroatoms. The molecule has 5 rings (SSSR count). The molecule has 0 spiro atoms. The van der Waals surface area contributed by atoms with Crippen molar-refractivity contribution in [1.82, 2.24) is 5.32 Å². The van der Waals surface area contributed by atoms with Crippen LogP contribution in [0, 0.1) is 0 Å². The van der Waals surface area contributed by atoms with Crippen LogP contribution >= 0.6 is 23.2 Å². The third-order valence-electron chi connectivity index (χ3n) is 6.74. The number of carbonyl (C=O) groups excluding carboxylic acids is 1. The van der Waals surface area contributed by atoms with Crippen molar-refractivity contribution in [3.63, 3.8) is 0 Å². The molecule has 0 fully saturated rings. The minimum atomic E-state index is -1.16. The van der Waals surface area contributed by atoms with Gasteiger partial charge in [0.05, 0.1) is 0 Å². The molecule has 0 saturated heterocycles. The molecule has 0 unspecified atom stereocenters. The van der Waals surface area contributed by atoms with Crippen LogP contribution in [0.15, 0.2) is 91.0 Å². The van der Waals surface area contributed by atoms with Crippen LogP contribution in [-0.4, -0.2) is 29.8 Å². The standard InChI is InChI=1S/C31H25Cl2NO5/c32-27-10-5-11-28(33)26(27)18-38-20-14-12-19(13-15-20)16-29(30(35)36)34-31(37)39-17-25-23-8-3-1-6-21(23)22-7-2-4-9-24(22)25/h1-15,25,29H,16-18H2,(H,34,37)(H,35,36)/t29-/m0/s1. The Kier molecular flexibility index (Phi) is 8.05. The Morgan fingerprint density at radius 1 is 0.821 bits per heavy atom. The van der Waals surface area contributed by atoms with Gasteiger partial charge in [-0.15, -0.1) is 0 Å². The Morgan fingerprint density at radius 3 is 2.00 bits per heavy atom. The Balaban J connectivity index is 1.17. The number of benzene rings is 4. The second-order valence-corrected chi connectivity index (χ2v) is 10.0. The zero-order valence-electron chi connectivity index (χ0n) is 20.8. The van der Waals surface area contributed by atoms with E-state index in [0.29, 0.717) is 26.9 Å². The molecular formula is C31H25Cl2NO5. The lowest BCUT2D eigenvalue weighted by Crippen LogP contribution is -2.42. The van der Waals surface area contributed by atoms with Gasteiger partial charge in [-0.25, -0.2) is 9.59 Å². The first-order chi connectivity index (χ1) is 18.9. The monoisotopic (exact) mass is 561 g/mol. The molecule has 1 aliphatic rings. The largest absolute Gasteiger partial charge is 0.489 e. The third-order valence-corrected chi connectivity index (χ3v) is 7.45. The lowest BCUT2D eigenvalue weighted by Gasteiger charge is -2.18. The van der Waals surface area contributed by atoms with E-state index in [1.165, 1.54) is 0 Å². The van der Waals surface area contributed by atoms with Crippen LogP contribution in [0.3, 0.4) is 0 Å². The number of carboxylic acid groups (broad SMARTS) is 1. The van der Waals surface area contributed by atoms with Crippen LogP contribution in [0.25, 0.3) is 11.1 Å². The van der Waals surface area contributed by atoms with Gasteiger partial charge in [0.15, 0.2) is 0 Å². The van der Waals surface area contributed by atoms with Crippen LogP contribution in [0.4, 0.5) is 4.79 Å². The molecule has 1 amide bonds. The molecular weight excluding hydrogens is 537 g/mol. The fourth-order valence-corrected chi connectivity index (χ4v) is 5.27. The number of nitrogens with one attached hydrogen (secondary N) is 1. The molecule has 0 aliphatic heterocycles. The minimum Gasteiger partial charge on any atom is -0.489 e. The van der Waals surface area contributed by atoms with Crippen LogP contribution < -0.4 is 10.1 Å². The van der Waals surface area contributed by atoms with Crippen molar-refractivity contribution in [2.45, 2.75) is 25.0 Å². The zero-order chi connectivity index (χ0) is 27.4. The number of hydrogen-bond acceptors (Lipinski definition) is 4. The number of carbonyl (C=O) groups is 2. The second kappa shape index (κ2) is 11.8. The molecule has 0 bridgehead atoms. The predicted molar refractivity (Wildman–Crippen MR) is 151 cm³/mol. The molecule has 4 aromatic carbocycles. The highest BCUT2D eigenvalue weighted by atomic mass is 35.5. The number of rotatable bonds is 9. The Morgan fingerprint density at radius 2 is 1.41 bits per heavy atom. The van der Waals surface area contributed by atoms with Gasteiger partial charge in [0.25, 0.3) is 0 Å². The van der Waals surface area contributed by atoms with Crippen molar-refractivity contribution >= 4 is 35.3 Å². The lowest BCUT2D eigenvalue weighted by molar-refractivity contribution is -0.139. The topological polar surface area (TPSA) is 84.9 Å². The van der Waals surface area contributed by atoms with Crippen molar-refractivity contribution in [1.29, 1.82) is 0 Å². The normalized spacial score (nSPS) is 12.8. The fraction of sp³-hybridized carbons (Fsp3) is 0.161. The van der Waals surface area contributed by atoms with Crippen molar-refractivity contribution in [2.75, 3.05) is 6.61 Å². The lowest BCUT2D eigenvalue weighted by atomic mass is 9.98. The smallest absolute Gasteiger partial charge is 0.407 e. The van der Waals surface area contributed by atoms with E-state index in [1.807, 2.05) is 36.4 Å². The summed E-state index contributed by atoms with van der Waals surface area (Å²) in [6, 6.07) is 27.1. The van der Waals surface area contributed by atoms with E-state index in [9.17, 15) is 14.7 Å². The summed E-state index contributed by atoms with van der Waals surface area (Å²) in [5.41, 5.74) is 5.80. The summed E-state index contributed by atoms with van der Waals surface area (Å²) in [7, 11) is 0. The van der Waals surface area contributed by atoms with Crippen LogP contribution in [0.5, 0.6) is 5.75 Å².